The van der Waals surface area contributed by atoms with Crippen molar-refractivity contribution >= 4 is 55.1 Å². The van der Waals surface area contributed by atoms with E-state index in [0.717, 1.165) is 39.5 Å². The Balaban J connectivity index is 0. The summed E-state index contributed by atoms with van der Waals surface area (Å²) in [6.07, 6.45) is -6.01. The molecule has 0 unspecified atom stereocenters. The van der Waals surface area contributed by atoms with Crippen molar-refractivity contribution in [3.63, 3.8) is 0 Å². The number of aliphatic hydroxyl groups is 1. The van der Waals surface area contributed by atoms with Gasteiger partial charge in [-0.15, -0.1) is 23.2 Å². The van der Waals surface area contributed by atoms with Gasteiger partial charge in [-0.1, -0.05) is 31.9 Å². The summed E-state index contributed by atoms with van der Waals surface area (Å²) in [6.45, 7) is 1.21. The molecule has 0 radical (unpaired) electrons. The Morgan fingerprint density at radius 1 is 0.806 bits per heavy atom. The second-order valence-corrected chi connectivity index (χ2v) is 6.43. The summed E-state index contributed by atoms with van der Waals surface area (Å²) in [7, 11) is 0. The van der Waals surface area contributed by atoms with Crippen LogP contribution in [0.25, 0.3) is 0 Å². The number of ether oxygens (including phenoxy) is 3. The Morgan fingerprint density at radius 3 is 1.58 bits per heavy atom. The number of rotatable bonds is 7. The number of halogens is 4. The standard InChI is InChI=1S/C7H14ClNO.C4H9NO.C4H8O.C3H6BrCl.C3H7BrO/c8-2-1-3-9-4-6-10-7-5-9;1-3-6-4-2-5-1;1-2-4-5-3-1;2*4-2-1-3-5/h1-7H2;5H,1-4H2;1-4H2;1-3H2;5H,1-3H2/i1D2,2D2,3D2;;;2*1D2,2D2,3D2. The first-order valence-electron chi connectivity index (χ1n) is 18.3. The molecule has 3 fully saturated rings. The molecule has 3 heterocycles. The second kappa shape index (κ2) is 33.5. The van der Waals surface area contributed by atoms with Crippen molar-refractivity contribution in [2.75, 3.05) is 101 Å². The van der Waals surface area contributed by atoms with Gasteiger partial charge in [-0.3, -0.25) is 4.90 Å². The van der Waals surface area contributed by atoms with Gasteiger partial charge in [-0.05, 0) is 38.5 Å². The van der Waals surface area contributed by atoms with E-state index in [9.17, 15) is 0 Å². The van der Waals surface area contributed by atoms with Gasteiger partial charge in [-0.25, -0.2) is 0 Å². The number of nitrogens with one attached hydrogen (secondary N) is 1. The third kappa shape index (κ3) is 33.6. The van der Waals surface area contributed by atoms with Gasteiger partial charge in [0.15, 0.2) is 0 Å². The van der Waals surface area contributed by atoms with Gasteiger partial charge in [-0.2, -0.15) is 0 Å². The lowest BCUT2D eigenvalue weighted by Crippen LogP contribution is -2.36. The minimum atomic E-state index is -3.21. The van der Waals surface area contributed by atoms with Crippen LogP contribution in [0.3, 0.4) is 0 Å². The van der Waals surface area contributed by atoms with Crippen molar-refractivity contribution in [1.29, 1.82) is 0 Å². The van der Waals surface area contributed by atoms with Gasteiger partial charge in [0.1, 0.15) is 0 Å². The quantitative estimate of drug-likeness (QED) is 0.410. The molecule has 0 aromatic rings. The highest BCUT2D eigenvalue weighted by Gasteiger charge is 2.08. The van der Waals surface area contributed by atoms with E-state index in [1.807, 2.05) is 0 Å². The molecule has 3 rings (SSSR count). The molecule has 0 amide bonds. The van der Waals surface area contributed by atoms with Crippen molar-refractivity contribution < 1.29 is 44.0 Å². The van der Waals surface area contributed by atoms with Crippen LogP contribution < -0.4 is 5.32 Å². The van der Waals surface area contributed by atoms with Crippen LogP contribution in [-0.4, -0.2) is 111 Å². The monoisotopic (exact) mass is 634 g/mol. The van der Waals surface area contributed by atoms with Gasteiger partial charge >= 0.3 is 0 Å². The molecule has 2 N–H and O–H groups in total. The zero-order chi connectivity index (χ0) is 39.4. The fourth-order valence-corrected chi connectivity index (χ4v) is 2.23. The topological polar surface area (TPSA) is 63.2 Å². The SMILES string of the molecule is C1CCOC1.C1COCCN1.[2H]C([2H])(Cl)C([2H])([2H])C([2H])([2H])Br.[2H]C([2H])(Cl)C([2H])([2H])C([2H])([2H])N1CCOCC1.[2H]C([2H])(O)C([2H])([2H])C([2H])([2H])Br. The largest absolute Gasteiger partial charge is 0.396 e. The number of nitrogens with zero attached hydrogens (tertiary/aromatic N) is 1. The fraction of sp³-hybridized carbons (Fsp3) is 1.00. The lowest BCUT2D eigenvalue weighted by Gasteiger charge is -2.25. The summed E-state index contributed by atoms with van der Waals surface area (Å²) in [5.41, 5.74) is 0. The molecule has 190 valence electrons. The zero-order valence-corrected chi connectivity index (χ0v) is 21.8. The zero-order valence-electron chi connectivity index (χ0n) is 35.1. The molecule has 31 heavy (non-hydrogen) atoms. The highest BCUT2D eigenvalue weighted by molar-refractivity contribution is 9.09. The minimum absolute atomic E-state index is 0.222. The number of morpholine rings is 2. The fourth-order valence-electron chi connectivity index (χ4n) is 1.84. The van der Waals surface area contributed by atoms with Crippen LogP contribution in [0, 0.1) is 0 Å². The number of alkyl halides is 4. The van der Waals surface area contributed by atoms with Crippen molar-refractivity contribution in [3.05, 3.63) is 0 Å². The average molecular weight is 637 g/mol. The predicted octanol–water partition coefficient (Wildman–Crippen LogP) is 4.12. The molecule has 0 aromatic carbocycles. The molecule has 0 aliphatic carbocycles. The maximum absolute atomic E-state index is 8.57. The van der Waals surface area contributed by atoms with E-state index in [-0.39, 0.29) is 13.1 Å². The van der Waals surface area contributed by atoms with E-state index in [2.05, 4.69) is 37.2 Å². The molecular weight excluding hydrogens is 575 g/mol. The van der Waals surface area contributed by atoms with Crippen LogP contribution in [0.5, 0.6) is 0 Å². The first kappa shape index (κ1) is 13.6. The predicted molar refractivity (Wildman–Crippen MR) is 141 cm³/mol. The summed E-state index contributed by atoms with van der Waals surface area (Å²) >= 11 is 15.0. The molecule has 0 bridgehead atoms. The second-order valence-electron chi connectivity index (χ2n) is 5.26. The van der Waals surface area contributed by atoms with E-state index >= 15 is 0 Å². The number of hydrogen-bond acceptors (Lipinski definition) is 6. The summed E-state index contributed by atoms with van der Waals surface area (Å²) in [6, 6.07) is 0. The van der Waals surface area contributed by atoms with Gasteiger partial charge in [0.2, 0.25) is 0 Å². The molecule has 10 heteroatoms. The Kier molecular flexibility index (Phi) is 14.6. The molecule has 3 aliphatic heterocycles. The maximum atomic E-state index is 8.57. The highest BCUT2D eigenvalue weighted by Crippen LogP contribution is 1.99. The first-order valence-corrected chi connectivity index (χ1v) is 11.6. The maximum Gasteiger partial charge on any atom is 0.0594 e. The Bertz CT molecular complexity index is 833. The van der Waals surface area contributed by atoms with Crippen LogP contribution in [-0.2, 0) is 14.2 Å². The van der Waals surface area contributed by atoms with Gasteiger partial charge in [0.05, 0.1) is 29.2 Å². The van der Waals surface area contributed by atoms with E-state index in [1.54, 1.807) is 0 Å². The van der Waals surface area contributed by atoms with Crippen molar-refractivity contribution in [2.24, 2.45) is 0 Å². The highest BCUT2D eigenvalue weighted by atomic mass is 79.9. The minimum Gasteiger partial charge on any atom is -0.396 e. The lowest BCUT2D eigenvalue weighted by atomic mass is 10.4. The summed E-state index contributed by atoms with van der Waals surface area (Å²) in [5.74, 6) is -5.51. The summed E-state index contributed by atoms with van der Waals surface area (Å²) in [5, 5.41) is 6.65. The van der Waals surface area contributed by atoms with Crippen molar-refractivity contribution in [1.82, 2.24) is 10.2 Å². The van der Waals surface area contributed by atoms with E-state index in [0.29, 0.717) is 13.2 Å². The van der Waals surface area contributed by atoms with Gasteiger partial charge in [0.25, 0.3) is 0 Å². The number of hydrogen-bond donors (Lipinski definition) is 2. The lowest BCUT2D eigenvalue weighted by molar-refractivity contribution is 0.0381. The summed E-state index contributed by atoms with van der Waals surface area (Å²) < 4.78 is 141. The Hall–Kier alpha value is 1.30. The molecule has 0 saturated carbocycles. The Labute approximate surface area is 242 Å². The van der Waals surface area contributed by atoms with Crippen LogP contribution in [0.2, 0.25) is 0 Å². The Morgan fingerprint density at radius 2 is 1.32 bits per heavy atom. The molecule has 0 aromatic heterocycles. The molecule has 3 saturated heterocycles. The van der Waals surface area contributed by atoms with Crippen LogP contribution in [0.1, 0.15) is 56.6 Å². The van der Waals surface area contributed by atoms with Crippen molar-refractivity contribution in [2.45, 2.75) is 32.0 Å². The molecule has 0 atom stereocenters. The van der Waals surface area contributed by atoms with Crippen LogP contribution >= 0.6 is 55.1 Å². The average Bonchev–Trinajstić information content (AvgIpc) is 3.53. The normalized spacial score (nSPS) is 30.9. The smallest absolute Gasteiger partial charge is 0.0594 e. The first-order chi connectivity index (χ1) is 21.6. The third-order valence-corrected chi connectivity index (χ3v) is 3.73. The van der Waals surface area contributed by atoms with Crippen LogP contribution in [0.15, 0.2) is 0 Å². The molecular formula is C21H44Br2Cl2N2O4. The molecule has 0 spiro atoms. The van der Waals surface area contributed by atoms with E-state index in [1.165, 1.54) is 17.7 Å². The third-order valence-electron chi connectivity index (χ3n) is 3.14. The van der Waals surface area contributed by atoms with E-state index < -0.39 is 54.4 Å². The van der Waals surface area contributed by atoms with Gasteiger partial charge < -0.3 is 24.6 Å². The van der Waals surface area contributed by atoms with Crippen LogP contribution in [0.4, 0.5) is 0 Å². The van der Waals surface area contributed by atoms with Gasteiger partial charge in [0, 0.05) is 90.1 Å². The molecule has 6 nitrogen and oxygen atoms in total. The molecule has 3 aliphatic rings. The summed E-state index contributed by atoms with van der Waals surface area (Å²) in [4.78, 5) is 1.22. The van der Waals surface area contributed by atoms with Crippen molar-refractivity contribution in [3.8, 4) is 0 Å². The van der Waals surface area contributed by atoms with E-state index in [4.69, 9.17) is 67.2 Å².